The highest BCUT2D eigenvalue weighted by Crippen LogP contribution is 2.31. The third-order valence-corrected chi connectivity index (χ3v) is 2.23. The van der Waals surface area contributed by atoms with Crippen molar-refractivity contribution in [1.29, 1.82) is 0 Å². The molecule has 1 aliphatic heterocycles. The highest BCUT2D eigenvalue weighted by atomic mass is 19.4. The maximum Gasteiger partial charge on any atom is 0.416 e. The van der Waals surface area contributed by atoms with Crippen LogP contribution in [0.1, 0.15) is 20.8 Å². The molecule has 1 fully saturated rings. The number of nitrogens with zero attached hydrogens (tertiary/aromatic N) is 1. The lowest BCUT2D eigenvalue weighted by atomic mass is 10.1. The van der Waals surface area contributed by atoms with Crippen molar-refractivity contribution in [3.63, 3.8) is 0 Å². The first kappa shape index (κ1) is 12.3. The van der Waals surface area contributed by atoms with E-state index < -0.39 is 24.4 Å². The van der Waals surface area contributed by atoms with Crippen molar-refractivity contribution < 1.29 is 22.7 Å². The summed E-state index contributed by atoms with van der Waals surface area (Å²) in [5, 5.41) is 0. The number of carbonyl (C=O) groups is 1. The lowest BCUT2D eigenvalue weighted by Gasteiger charge is -2.42. The summed E-state index contributed by atoms with van der Waals surface area (Å²) >= 11 is 0. The van der Waals surface area contributed by atoms with Crippen molar-refractivity contribution >= 4 is 5.91 Å². The van der Waals surface area contributed by atoms with E-state index in [0.29, 0.717) is 0 Å². The average Bonchev–Trinajstić information content (AvgIpc) is 1.99. The third kappa shape index (κ3) is 3.09. The molecule has 0 saturated carbocycles. The molecule has 0 N–H and O–H groups in total. The zero-order chi connectivity index (χ0) is 11.9. The minimum absolute atomic E-state index is 0.189. The van der Waals surface area contributed by atoms with E-state index in [0.717, 1.165) is 0 Å². The van der Waals surface area contributed by atoms with Crippen molar-refractivity contribution in [1.82, 2.24) is 4.90 Å². The maximum atomic E-state index is 12.5. The fourth-order valence-corrected chi connectivity index (χ4v) is 1.59. The standard InChI is InChI=1S/C9H14F3NO2/c1-6(14)13-4-7(9(10,11)12)15-8(2,3)5-13/h7H,4-5H2,1-3H3. The monoisotopic (exact) mass is 225 g/mol. The van der Waals surface area contributed by atoms with E-state index in [1.165, 1.54) is 11.8 Å². The number of hydrogen-bond donors (Lipinski definition) is 0. The van der Waals surface area contributed by atoms with E-state index in [1.54, 1.807) is 13.8 Å². The smallest absolute Gasteiger partial charge is 0.359 e. The summed E-state index contributed by atoms with van der Waals surface area (Å²) < 4.78 is 42.3. The lowest BCUT2D eigenvalue weighted by molar-refractivity contribution is -0.269. The van der Waals surface area contributed by atoms with E-state index in [2.05, 4.69) is 0 Å². The van der Waals surface area contributed by atoms with Gasteiger partial charge >= 0.3 is 6.18 Å². The molecule has 0 radical (unpaired) electrons. The van der Waals surface area contributed by atoms with Gasteiger partial charge in [-0.25, -0.2) is 0 Å². The fraction of sp³-hybridized carbons (Fsp3) is 0.889. The zero-order valence-corrected chi connectivity index (χ0v) is 8.89. The van der Waals surface area contributed by atoms with Crippen LogP contribution in [0.15, 0.2) is 0 Å². The number of morpholine rings is 1. The summed E-state index contributed by atoms with van der Waals surface area (Å²) in [7, 11) is 0. The van der Waals surface area contributed by atoms with Crippen molar-refractivity contribution in [3.05, 3.63) is 0 Å². The van der Waals surface area contributed by atoms with Crippen LogP contribution in [0.25, 0.3) is 0 Å². The molecule has 1 heterocycles. The molecule has 0 aromatic rings. The van der Waals surface area contributed by atoms with Gasteiger partial charge in [0.25, 0.3) is 0 Å². The Kier molecular flexibility index (Phi) is 3.00. The summed E-state index contributed by atoms with van der Waals surface area (Å²) in [6, 6.07) is 0. The average molecular weight is 225 g/mol. The number of halogens is 3. The first-order valence-corrected chi connectivity index (χ1v) is 4.62. The second-order valence-electron chi connectivity index (χ2n) is 4.31. The normalized spacial score (nSPS) is 26.5. The summed E-state index contributed by atoms with van der Waals surface area (Å²) in [4.78, 5) is 12.2. The molecule has 1 rings (SSSR count). The van der Waals surface area contributed by atoms with Gasteiger partial charge in [-0.3, -0.25) is 4.79 Å². The molecule has 1 atom stereocenters. The molecule has 0 aliphatic carbocycles. The number of amides is 1. The van der Waals surface area contributed by atoms with Crippen LogP contribution in [0.2, 0.25) is 0 Å². The molecule has 1 unspecified atom stereocenters. The molecule has 1 amide bonds. The lowest BCUT2D eigenvalue weighted by Crippen LogP contribution is -2.58. The zero-order valence-electron chi connectivity index (χ0n) is 8.89. The Balaban J connectivity index is 2.82. The topological polar surface area (TPSA) is 29.5 Å². The highest BCUT2D eigenvalue weighted by Gasteiger charge is 2.48. The quantitative estimate of drug-likeness (QED) is 0.626. The van der Waals surface area contributed by atoms with Crippen LogP contribution in [0.4, 0.5) is 13.2 Å². The van der Waals surface area contributed by atoms with Crippen LogP contribution < -0.4 is 0 Å². The summed E-state index contributed by atoms with van der Waals surface area (Å²) in [6.07, 6.45) is -6.31. The van der Waals surface area contributed by atoms with E-state index in [1.807, 2.05) is 0 Å². The van der Waals surface area contributed by atoms with Gasteiger partial charge in [-0.05, 0) is 13.8 Å². The van der Waals surface area contributed by atoms with Crippen LogP contribution in [0.5, 0.6) is 0 Å². The maximum absolute atomic E-state index is 12.5. The first-order valence-electron chi connectivity index (χ1n) is 4.62. The number of rotatable bonds is 0. The van der Waals surface area contributed by atoms with Crippen molar-refractivity contribution in [3.8, 4) is 0 Å². The van der Waals surface area contributed by atoms with Gasteiger partial charge in [0.1, 0.15) is 0 Å². The van der Waals surface area contributed by atoms with Crippen LogP contribution in [0, 0.1) is 0 Å². The van der Waals surface area contributed by atoms with Crippen LogP contribution >= 0.6 is 0 Å². The van der Waals surface area contributed by atoms with Gasteiger partial charge in [0.2, 0.25) is 5.91 Å². The number of carbonyl (C=O) groups excluding carboxylic acids is 1. The van der Waals surface area contributed by atoms with Gasteiger partial charge in [-0.1, -0.05) is 0 Å². The molecule has 0 aromatic carbocycles. The second kappa shape index (κ2) is 3.66. The molecule has 15 heavy (non-hydrogen) atoms. The van der Waals surface area contributed by atoms with Gasteiger partial charge in [-0.2, -0.15) is 13.2 Å². The summed E-state index contributed by atoms with van der Waals surface area (Å²) in [5.74, 6) is -0.361. The molecule has 0 bridgehead atoms. The van der Waals surface area contributed by atoms with E-state index in [9.17, 15) is 18.0 Å². The number of ether oxygens (including phenoxy) is 1. The van der Waals surface area contributed by atoms with Crippen LogP contribution in [0.3, 0.4) is 0 Å². The minimum atomic E-state index is -4.43. The molecule has 1 aliphatic rings. The van der Waals surface area contributed by atoms with Crippen molar-refractivity contribution in [2.75, 3.05) is 13.1 Å². The molecule has 1 saturated heterocycles. The Morgan fingerprint density at radius 3 is 2.40 bits per heavy atom. The van der Waals surface area contributed by atoms with Crippen molar-refractivity contribution in [2.24, 2.45) is 0 Å². The van der Waals surface area contributed by atoms with Crippen LogP contribution in [-0.2, 0) is 9.53 Å². The fourth-order valence-electron chi connectivity index (χ4n) is 1.59. The predicted molar refractivity (Wildman–Crippen MR) is 47.3 cm³/mol. The Labute approximate surface area is 86.2 Å². The van der Waals surface area contributed by atoms with Gasteiger partial charge in [0.15, 0.2) is 6.10 Å². The SMILES string of the molecule is CC(=O)N1CC(C(F)(F)F)OC(C)(C)C1. The van der Waals surface area contributed by atoms with Gasteiger partial charge in [-0.15, -0.1) is 0 Å². The molecule has 3 nitrogen and oxygen atoms in total. The Morgan fingerprint density at radius 2 is 2.00 bits per heavy atom. The third-order valence-electron chi connectivity index (χ3n) is 2.23. The molecule has 0 aromatic heterocycles. The molecular weight excluding hydrogens is 211 g/mol. The van der Waals surface area contributed by atoms with E-state index in [4.69, 9.17) is 4.74 Å². The Morgan fingerprint density at radius 1 is 1.47 bits per heavy atom. The molecule has 0 spiro atoms. The van der Waals surface area contributed by atoms with Crippen LogP contribution in [-0.4, -0.2) is 41.8 Å². The van der Waals surface area contributed by atoms with Gasteiger partial charge < -0.3 is 9.64 Å². The second-order valence-corrected chi connectivity index (χ2v) is 4.31. The predicted octanol–water partition coefficient (Wildman–Crippen LogP) is 1.57. The Bertz CT molecular complexity index is 263. The van der Waals surface area contributed by atoms with E-state index in [-0.39, 0.29) is 12.5 Å². The molecule has 88 valence electrons. The first-order chi connectivity index (χ1) is 6.62. The highest BCUT2D eigenvalue weighted by molar-refractivity contribution is 5.73. The van der Waals surface area contributed by atoms with E-state index >= 15 is 0 Å². The Hall–Kier alpha value is -0.780. The minimum Gasteiger partial charge on any atom is -0.359 e. The largest absolute Gasteiger partial charge is 0.416 e. The number of hydrogen-bond acceptors (Lipinski definition) is 2. The van der Waals surface area contributed by atoms with Gasteiger partial charge in [0, 0.05) is 13.5 Å². The van der Waals surface area contributed by atoms with Crippen molar-refractivity contribution in [2.45, 2.75) is 38.7 Å². The number of alkyl halides is 3. The van der Waals surface area contributed by atoms with Gasteiger partial charge in [0.05, 0.1) is 12.1 Å². The molecule has 6 heteroatoms. The molecular formula is C9H14F3NO2. The summed E-state index contributed by atoms with van der Waals surface area (Å²) in [6.45, 7) is 4.12. The summed E-state index contributed by atoms with van der Waals surface area (Å²) in [5.41, 5.74) is -0.954.